The molecule has 1 aromatic heterocycles. The Morgan fingerprint density at radius 2 is 1.80 bits per heavy atom. The molecular weight excluding hydrogens is 248 g/mol. The van der Waals surface area contributed by atoms with Crippen molar-refractivity contribution in [2.45, 2.75) is 33.0 Å². The number of hydrogen-bond donors (Lipinski definition) is 1. The largest absolute Gasteiger partial charge is 0.380 e. The van der Waals surface area contributed by atoms with Crippen LogP contribution in [0.3, 0.4) is 0 Å². The average Bonchev–Trinajstić information content (AvgIpc) is 2.50. The smallest absolute Gasteiger partial charge is 0.0713 e. The monoisotopic (exact) mass is 270 g/mol. The summed E-state index contributed by atoms with van der Waals surface area (Å²) in [4.78, 5) is 4.44. The van der Waals surface area contributed by atoms with E-state index in [4.69, 9.17) is 4.74 Å². The molecule has 0 saturated heterocycles. The summed E-state index contributed by atoms with van der Waals surface area (Å²) >= 11 is 0. The van der Waals surface area contributed by atoms with Crippen LogP contribution in [0.25, 0.3) is 0 Å². The highest BCUT2D eigenvalue weighted by atomic mass is 16.5. The zero-order valence-corrected chi connectivity index (χ0v) is 12.2. The summed E-state index contributed by atoms with van der Waals surface area (Å²) in [6, 6.07) is 12.6. The highest BCUT2D eigenvalue weighted by molar-refractivity contribution is 5.22. The van der Waals surface area contributed by atoms with Gasteiger partial charge in [-0.1, -0.05) is 37.3 Å². The second-order valence-corrected chi connectivity index (χ2v) is 4.82. The van der Waals surface area contributed by atoms with Crippen molar-refractivity contribution in [3.8, 4) is 0 Å². The molecule has 1 N–H and O–H groups in total. The van der Waals surface area contributed by atoms with Gasteiger partial charge in [0.1, 0.15) is 0 Å². The van der Waals surface area contributed by atoms with Crippen LogP contribution in [-0.4, -0.2) is 12.1 Å². The van der Waals surface area contributed by atoms with E-state index in [9.17, 15) is 0 Å². The zero-order valence-electron chi connectivity index (χ0n) is 12.2. The first-order valence-corrected chi connectivity index (χ1v) is 7.03. The van der Waals surface area contributed by atoms with Crippen molar-refractivity contribution >= 4 is 0 Å². The fourth-order valence-corrected chi connectivity index (χ4v) is 2.20. The molecule has 0 radical (unpaired) electrons. The number of nitrogens with zero attached hydrogens (tertiary/aromatic N) is 1. The highest BCUT2D eigenvalue weighted by Gasteiger charge is 2.01. The van der Waals surface area contributed by atoms with Gasteiger partial charge in [0.25, 0.3) is 0 Å². The Morgan fingerprint density at radius 3 is 2.50 bits per heavy atom. The Balaban J connectivity index is 1.86. The van der Waals surface area contributed by atoms with E-state index in [1.165, 1.54) is 16.7 Å². The van der Waals surface area contributed by atoms with Gasteiger partial charge in [-0.05, 0) is 29.2 Å². The molecule has 0 amide bonds. The number of hydrogen-bond acceptors (Lipinski definition) is 3. The molecule has 3 heteroatoms. The molecule has 0 unspecified atom stereocenters. The fraction of sp³-hybridized carbons (Fsp3) is 0.353. The summed E-state index contributed by atoms with van der Waals surface area (Å²) in [6.07, 6.45) is 2.88. The molecule has 1 aromatic carbocycles. The van der Waals surface area contributed by atoms with Gasteiger partial charge in [0.2, 0.25) is 0 Å². The van der Waals surface area contributed by atoms with E-state index in [-0.39, 0.29) is 0 Å². The quantitative estimate of drug-likeness (QED) is 0.839. The highest BCUT2D eigenvalue weighted by Crippen LogP contribution is 2.08. The molecule has 0 saturated carbocycles. The molecule has 0 aliphatic carbocycles. The maximum Gasteiger partial charge on any atom is 0.0713 e. The number of rotatable bonds is 7. The third kappa shape index (κ3) is 4.15. The van der Waals surface area contributed by atoms with Crippen LogP contribution >= 0.6 is 0 Å². The summed E-state index contributed by atoms with van der Waals surface area (Å²) in [5.74, 6) is 0. The second-order valence-electron chi connectivity index (χ2n) is 4.82. The van der Waals surface area contributed by atoms with Gasteiger partial charge < -0.3 is 10.1 Å². The number of aryl methyl sites for hydroxylation is 1. The van der Waals surface area contributed by atoms with E-state index >= 15 is 0 Å². The molecule has 2 rings (SSSR count). The lowest BCUT2D eigenvalue weighted by Gasteiger charge is -2.08. The van der Waals surface area contributed by atoms with Crippen LogP contribution in [0.5, 0.6) is 0 Å². The molecule has 0 aliphatic rings. The Bertz CT molecular complexity index is 523. The maximum absolute atomic E-state index is 5.11. The molecule has 0 aliphatic heterocycles. The topological polar surface area (TPSA) is 34.2 Å². The van der Waals surface area contributed by atoms with Crippen molar-refractivity contribution in [2.75, 3.05) is 7.11 Å². The van der Waals surface area contributed by atoms with Crippen molar-refractivity contribution in [2.24, 2.45) is 0 Å². The molecule has 0 fully saturated rings. The first kappa shape index (κ1) is 14.7. The molecule has 0 bridgehead atoms. The number of aromatic nitrogens is 1. The minimum absolute atomic E-state index is 0.668. The summed E-state index contributed by atoms with van der Waals surface area (Å²) < 4.78 is 5.11. The Kier molecular flexibility index (Phi) is 5.71. The molecule has 2 aromatic rings. The number of benzene rings is 1. The van der Waals surface area contributed by atoms with Crippen LogP contribution in [0.4, 0.5) is 0 Å². The average molecular weight is 270 g/mol. The fourth-order valence-electron chi connectivity index (χ4n) is 2.20. The van der Waals surface area contributed by atoms with Crippen LogP contribution < -0.4 is 5.32 Å². The molecular formula is C17H22N2O. The zero-order chi connectivity index (χ0) is 14.2. The van der Waals surface area contributed by atoms with Crippen LogP contribution in [0, 0.1) is 0 Å². The van der Waals surface area contributed by atoms with Crippen LogP contribution in [-0.2, 0) is 30.9 Å². The van der Waals surface area contributed by atoms with E-state index in [0.717, 1.165) is 25.2 Å². The van der Waals surface area contributed by atoms with Gasteiger partial charge in [0.05, 0.1) is 12.3 Å². The molecule has 1 heterocycles. The van der Waals surface area contributed by atoms with Crippen LogP contribution in [0.1, 0.15) is 29.3 Å². The van der Waals surface area contributed by atoms with Crippen molar-refractivity contribution in [1.29, 1.82) is 0 Å². The summed E-state index contributed by atoms with van der Waals surface area (Å²) in [6.45, 7) is 4.49. The molecule has 0 spiro atoms. The molecule has 106 valence electrons. The van der Waals surface area contributed by atoms with Crippen molar-refractivity contribution < 1.29 is 4.74 Å². The van der Waals surface area contributed by atoms with Crippen LogP contribution in [0.15, 0.2) is 42.6 Å². The Morgan fingerprint density at radius 1 is 1.05 bits per heavy atom. The predicted octanol–water partition coefficient (Wildman–Crippen LogP) is 3.08. The van der Waals surface area contributed by atoms with Gasteiger partial charge >= 0.3 is 0 Å². The lowest BCUT2D eigenvalue weighted by Crippen LogP contribution is -2.15. The van der Waals surface area contributed by atoms with Crippen molar-refractivity contribution in [1.82, 2.24) is 10.3 Å². The number of methoxy groups -OCH3 is 1. The first-order chi connectivity index (χ1) is 9.83. The molecule has 3 nitrogen and oxygen atoms in total. The lowest BCUT2D eigenvalue weighted by atomic mass is 10.1. The van der Waals surface area contributed by atoms with Gasteiger partial charge in [-0.15, -0.1) is 0 Å². The van der Waals surface area contributed by atoms with Crippen molar-refractivity contribution in [3.63, 3.8) is 0 Å². The van der Waals surface area contributed by atoms with Crippen LogP contribution in [0.2, 0.25) is 0 Å². The summed E-state index contributed by atoms with van der Waals surface area (Å²) in [5, 5.41) is 3.45. The van der Waals surface area contributed by atoms with Crippen molar-refractivity contribution in [3.05, 3.63) is 65.0 Å². The summed E-state index contributed by atoms with van der Waals surface area (Å²) in [5.41, 5.74) is 4.94. The normalized spacial score (nSPS) is 10.7. The number of nitrogens with one attached hydrogen (secondary N) is 1. The lowest BCUT2D eigenvalue weighted by molar-refractivity contribution is 0.185. The van der Waals surface area contributed by atoms with Gasteiger partial charge in [0.15, 0.2) is 0 Å². The molecule has 0 atom stereocenters. The third-order valence-corrected chi connectivity index (χ3v) is 3.32. The Labute approximate surface area is 121 Å². The minimum atomic E-state index is 0.668. The second kappa shape index (κ2) is 7.78. The summed E-state index contributed by atoms with van der Waals surface area (Å²) in [7, 11) is 1.72. The van der Waals surface area contributed by atoms with E-state index < -0.39 is 0 Å². The number of ether oxygens (including phenoxy) is 1. The SMILES string of the molecule is CCc1cccnc1CNCc1ccc(COC)cc1. The predicted molar refractivity (Wildman–Crippen MR) is 81.3 cm³/mol. The Hall–Kier alpha value is -1.71. The first-order valence-electron chi connectivity index (χ1n) is 7.03. The van der Waals surface area contributed by atoms with Gasteiger partial charge in [-0.3, -0.25) is 4.98 Å². The van der Waals surface area contributed by atoms with Gasteiger partial charge in [-0.2, -0.15) is 0 Å². The van der Waals surface area contributed by atoms with E-state index in [1.54, 1.807) is 7.11 Å². The third-order valence-electron chi connectivity index (χ3n) is 3.32. The van der Waals surface area contributed by atoms with Gasteiger partial charge in [-0.25, -0.2) is 0 Å². The maximum atomic E-state index is 5.11. The van der Waals surface area contributed by atoms with Gasteiger partial charge in [0, 0.05) is 26.4 Å². The standard InChI is InChI=1S/C17H22N2O/c1-3-16-5-4-10-19-17(16)12-18-11-14-6-8-15(9-7-14)13-20-2/h4-10,18H,3,11-13H2,1-2H3. The minimum Gasteiger partial charge on any atom is -0.380 e. The van der Waals surface area contributed by atoms with E-state index in [0.29, 0.717) is 6.61 Å². The molecule has 20 heavy (non-hydrogen) atoms. The van der Waals surface area contributed by atoms with E-state index in [2.05, 4.69) is 47.6 Å². The van der Waals surface area contributed by atoms with E-state index in [1.807, 2.05) is 12.3 Å². The number of pyridine rings is 1.